The summed E-state index contributed by atoms with van der Waals surface area (Å²) in [5, 5.41) is 14.2. The minimum atomic E-state index is -0.854. The third-order valence-electron chi connectivity index (χ3n) is 3.02. The molecule has 1 aromatic rings. The molecule has 1 unspecified atom stereocenters. The van der Waals surface area contributed by atoms with Crippen molar-refractivity contribution in [1.82, 2.24) is 5.32 Å². The lowest BCUT2D eigenvalue weighted by atomic mass is 10.0. The number of hydrogen-bond acceptors (Lipinski definition) is 2. The SMILES string of the molecule is CCC(CNC(=O)Nc1c(Br)cc(C)cc1Br)CC(=O)O. The van der Waals surface area contributed by atoms with Crippen LogP contribution >= 0.6 is 31.9 Å². The van der Waals surface area contributed by atoms with Crippen molar-refractivity contribution in [3.05, 3.63) is 26.6 Å². The number of aliphatic carboxylic acids is 1. The van der Waals surface area contributed by atoms with E-state index in [0.29, 0.717) is 18.7 Å². The Labute approximate surface area is 140 Å². The normalized spacial score (nSPS) is 11.8. The number of hydrogen-bond donors (Lipinski definition) is 3. The Balaban J connectivity index is 2.60. The van der Waals surface area contributed by atoms with Crippen molar-refractivity contribution in [3.8, 4) is 0 Å². The summed E-state index contributed by atoms with van der Waals surface area (Å²) < 4.78 is 1.56. The molecule has 0 aliphatic heterocycles. The van der Waals surface area contributed by atoms with Crippen molar-refractivity contribution in [2.24, 2.45) is 5.92 Å². The molecular formula is C14H18Br2N2O3. The Kier molecular flexibility index (Phi) is 7.17. The van der Waals surface area contributed by atoms with Crippen molar-refractivity contribution < 1.29 is 14.7 Å². The second kappa shape index (κ2) is 8.38. The molecule has 5 nitrogen and oxygen atoms in total. The van der Waals surface area contributed by atoms with E-state index in [1.807, 2.05) is 26.0 Å². The topological polar surface area (TPSA) is 78.4 Å². The molecule has 21 heavy (non-hydrogen) atoms. The van der Waals surface area contributed by atoms with Gasteiger partial charge >= 0.3 is 12.0 Å². The maximum Gasteiger partial charge on any atom is 0.319 e. The van der Waals surface area contributed by atoms with Gasteiger partial charge in [-0.05, 0) is 62.4 Å². The summed E-state index contributed by atoms with van der Waals surface area (Å²) in [5.74, 6) is -0.925. The predicted octanol–water partition coefficient (Wildman–Crippen LogP) is 4.14. The van der Waals surface area contributed by atoms with E-state index in [-0.39, 0.29) is 18.4 Å². The third kappa shape index (κ3) is 6.05. The molecule has 0 aliphatic carbocycles. The molecule has 1 aromatic carbocycles. The van der Waals surface area contributed by atoms with Crippen LogP contribution in [0.15, 0.2) is 21.1 Å². The Morgan fingerprint density at radius 1 is 1.29 bits per heavy atom. The summed E-state index contributed by atoms with van der Waals surface area (Å²) in [7, 11) is 0. The van der Waals surface area contributed by atoms with Gasteiger partial charge in [0.2, 0.25) is 0 Å². The van der Waals surface area contributed by atoms with Crippen LogP contribution in [0.5, 0.6) is 0 Å². The number of carboxylic acid groups (broad SMARTS) is 1. The number of urea groups is 1. The van der Waals surface area contributed by atoms with E-state index in [2.05, 4.69) is 42.5 Å². The summed E-state index contributed by atoms with van der Waals surface area (Å²) in [4.78, 5) is 22.6. The third-order valence-corrected chi connectivity index (χ3v) is 4.27. The summed E-state index contributed by atoms with van der Waals surface area (Å²) in [6, 6.07) is 3.45. The van der Waals surface area contributed by atoms with Crippen LogP contribution in [0.3, 0.4) is 0 Å². The Bertz CT molecular complexity index is 512. The molecule has 1 atom stereocenters. The van der Waals surface area contributed by atoms with Gasteiger partial charge in [-0.25, -0.2) is 4.79 Å². The lowest BCUT2D eigenvalue weighted by molar-refractivity contribution is -0.138. The average molecular weight is 422 g/mol. The van der Waals surface area contributed by atoms with Gasteiger partial charge in [-0.1, -0.05) is 13.3 Å². The number of carbonyl (C=O) groups excluding carboxylic acids is 1. The molecule has 0 radical (unpaired) electrons. The maximum absolute atomic E-state index is 11.9. The zero-order chi connectivity index (χ0) is 16.0. The summed E-state index contributed by atoms with van der Waals surface area (Å²) in [6.07, 6.45) is 0.749. The standard InChI is InChI=1S/C14H18Br2N2O3/c1-3-9(6-12(19)20)7-17-14(21)18-13-10(15)4-8(2)5-11(13)16/h4-5,9H,3,6-7H2,1-2H3,(H,19,20)(H2,17,18,21). The second-order valence-electron chi connectivity index (χ2n) is 4.81. The molecule has 1 rings (SSSR count). The van der Waals surface area contributed by atoms with E-state index >= 15 is 0 Å². The van der Waals surface area contributed by atoms with Crippen LogP contribution in [0.1, 0.15) is 25.3 Å². The highest BCUT2D eigenvalue weighted by Crippen LogP contribution is 2.32. The van der Waals surface area contributed by atoms with Gasteiger partial charge in [-0.3, -0.25) is 4.79 Å². The van der Waals surface area contributed by atoms with Gasteiger partial charge < -0.3 is 15.7 Å². The van der Waals surface area contributed by atoms with Crippen LogP contribution < -0.4 is 10.6 Å². The van der Waals surface area contributed by atoms with E-state index in [9.17, 15) is 9.59 Å². The van der Waals surface area contributed by atoms with Crippen molar-refractivity contribution >= 4 is 49.5 Å². The number of aryl methyl sites for hydroxylation is 1. The fourth-order valence-corrected chi connectivity index (χ4v) is 3.44. The van der Waals surface area contributed by atoms with E-state index in [0.717, 1.165) is 14.5 Å². The van der Waals surface area contributed by atoms with Crippen LogP contribution in [-0.4, -0.2) is 23.7 Å². The molecular weight excluding hydrogens is 404 g/mol. The van der Waals surface area contributed by atoms with Crippen molar-refractivity contribution in [2.45, 2.75) is 26.7 Å². The first-order chi connectivity index (χ1) is 9.83. The molecule has 0 fully saturated rings. The maximum atomic E-state index is 11.9. The molecule has 2 amide bonds. The minimum Gasteiger partial charge on any atom is -0.481 e. The van der Waals surface area contributed by atoms with Crippen LogP contribution in [0.25, 0.3) is 0 Å². The van der Waals surface area contributed by atoms with Crippen LogP contribution in [-0.2, 0) is 4.79 Å². The van der Waals surface area contributed by atoms with E-state index in [1.165, 1.54) is 0 Å². The Morgan fingerprint density at radius 3 is 2.33 bits per heavy atom. The van der Waals surface area contributed by atoms with Gasteiger partial charge in [-0.15, -0.1) is 0 Å². The number of carboxylic acids is 1. The van der Waals surface area contributed by atoms with Crippen LogP contribution in [0.4, 0.5) is 10.5 Å². The quantitative estimate of drug-likeness (QED) is 0.645. The Hall–Kier alpha value is -1.08. The molecule has 3 N–H and O–H groups in total. The number of rotatable bonds is 6. The van der Waals surface area contributed by atoms with Gasteiger partial charge in [0.05, 0.1) is 5.69 Å². The molecule has 116 valence electrons. The average Bonchev–Trinajstić information content (AvgIpc) is 2.38. The molecule has 0 heterocycles. The van der Waals surface area contributed by atoms with Crippen molar-refractivity contribution in [3.63, 3.8) is 0 Å². The first-order valence-corrected chi connectivity index (χ1v) is 8.14. The zero-order valence-electron chi connectivity index (χ0n) is 11.9. The smallest absolute Gasteiger partial charge is 0.319 e. The number of carbonyl (C=O) groups is 2. The summed E-state index contributed by atoms with van der Waals surface area (Å²) in [6.45, 7) is 4.19. The molecule has 7 heteroatoms. The molecule has 0 aromatic heterocycles. The van der Waals surface area contributed by atoms with E-state index in [1.54, 1.807) is 0 Å². The van der Waals surface area contributed by atoms with Gasteiger partial charge in [0.1, 0.15) is 0 Å². The lowest BCUT2D eigenvalue weighted by Gasteiger charge is -2.15. The highest BCUT2D eigenvalue weighted by Gasteiger charge is 2.14. The molecule has 0 bridgehead atoms. The first-order valence-electron chi connectivity index (χ1n) is 6.55. The van der Waals surface area contributed by atoms with Gasteiger partial charge in [-0.2, -0.15) is 0 Å². The Morgan fingerprint density at radius 2 is 1.86 bits per heavy atom. The van der Waals surface area contributed by atoms with Crippen molar-refractivity contribution in [2.75, 3.05) is 11.9 Å². The largest absolute Gasteiger partial charge is 0.481 e. The highest BCUT2D eigenvalue weighted by molar-refractivity contribution is 9.11. The number of halogens is 2. The van der Waals surface area contributed by atoms with Gasteiger partial charge in [0.25, 0.3) is 0 Å². The molecule has 0 spiro atoms. The number of anilines is 1. The fraction of sp³-hybridized carbons (Fsp3) is 0.429. The number of amides is 2. The van der Waals surface area contributed by atoms with Crippen molar-refractivity contribution in [1.29, 1.82) is 0 Å². The summed E-state index contributed by atoms with van der Waals surface area (Å²) in [5.41, 5.74) is 1.71. The monoisotopic (exact) mass is 420 g/mol. The second-order valence-corrected chi connectivity index (χ2v) is 6.52. The zero-order valence-corrected chi connectivity index (χ0v) is 15.0. The number of benzene rings is 1. The number of nitrogens with one attached hydrogen (secondary N) is 2. The molecule has 0 aliphatic rings. The fourth-order valence-electron chi connectivity index (χ4n) is 1.82. The minimum absolute atomic E-state index is 0.0503. The van der Waals surface area contributed by atoms with Crippen LogP contribution in [0, 0.1) is 12.8 Å². The lowest BCUT2D eigenvalue weighted by Crippen LogP contribution is -2.33. The van der Waals surface area contributed by atoms with Gasteiger partial charge in [0.15, 0.2) is 0 Å². The molecule has 0 saturated heterocycles. The predicted molar refractivity (Wildman–Crippen MR) is 89.6 cm³/mol. The summed E-state index contributed by atoms with van der Waals surface area (Å²) >= 11 is 6.81. The molecule has 0 saturated carbocycles. The highest BCUT2D eigenvalue weighted by atomic mass is 79.9. The van der Waals surface area contributed by atoms with Gasteiger partial charge in [0, 0.05) is 21.9 Å². The van der Waals surface area contributed by atoms with E-state index < -0.39 is 5.97 Å². The first kappa shape index (κ1) is 18.0. The van der Waals surface area contributed by atoms with E-state index in [4.69, 9.17) is 5.11 Å². The van der Waals surface area contributed by atoms with Crippen LogP contribution in [0.2, 0.25) is 0 Å².